The minimum absolute atomic E-state index is 0.00396. The Hall–Kier alpha value is -4.78. The second-order valence-electron chi connectivity index (χ2n) is 9.53. The molecule has 1 fully saturated rings. The Kier molecular flexibility index (Phi) is 9.76. The topological polar surface area (TPSA) is 114 Å². The molecule has 0 radical (unpaired) electrons. The number of methoxy groups -OCH3 is 1. The molecule has 3 aromatic rings. The van der Waals surface area contributed by atoms with Gasteiger partial charge in [-0.25, -0.2) is 13.2 Å². The number of hydrogen-bond donors (Lipinski definition) is 2. The first-order chi connectivity index (χ1) is 20.5. The van der Waals surface area contributed by atoms with Crippen molar-refractivity contribution in [2.45, 2.75) is 19.8 Å². The molecule has 13 heteroatoms. The highest BCUT2D eigenvalue weighted by atomic mass is 32.2. The molecular weight excluding hydrogens is 587 g/mol. The van der Waals surface area contributed by atoms with Crippen LogP contribution in [-0.2, 0) is 14.4 Å². The molecule has 1 aliphatic rings. The van der Waals surface area contributed by atoms with Gasteiger partial charge in [0.15, 0.2) is 35.6 Å². The number of amides is 4. The molecular formula is C30H26F3N3O6S. The predicted molar refractivity (Wildman–Crippen MR) is 155 cm³/mol. The summed E-state index contributed by atoms with van der Waals surface area (Å²) in [4.78, 5) is 50.8. The number of ether oxygens (including phenoxy) is 2. The molecule has 0 saturated carbocycles. The number of nitrogens with one attached hydrogen (secondary N) is 2. The minimum Gasteiger partial charge on any atom is -0.493 e. The van der Waals surface area contributed by atoms with Gasteiger partial charge in [0, 0.05) is 5.69 Å². The van der Waals surface area contributed by atoms with Gasteiger partial charge in [0.25, 0.3) is 17.1 Å². The number of imide groups is 1. The number of carbonyl (C=O) groups is 4. The van der Waals surface area contributed by atoms with Gasteiger partial charge in [-0.3, -0.25) is 24.1 Å². The summed E-state index contributed by atoms with van der Waals surface area (Å²) in [6.07, 6.45) is 1.40. The molecule has 224 valence electrons. The molecule has 43 heavy (non-hydrogen) atoms. The summed E-state index contributed by atoms with van der Waals surface area (Å²) < 4.78 is 51.5. The molecule has 3 aromatic carbocycles. The van der Waals surface area contributed by atoms with Crippen molar-refractivity contribution in [1.29, 1.82) is 0 Å². The Labute approximate surface area is 249 Å². The van der Waals surface area contributed by atoms with E-state index in [1.165, 1.54) is 25.3 Å². The van der Waals surface area contributed by atoms with E-state index in [2.05, 4.69) is 5.32 Å². The standard InChI is InChI=1S/C30H26F3N3O6S/c1-16(2)18-6-4-5-7-20(18)34-26(38)15-42-22-11-8-17(12-23(22)41-3)13-24-29(39)36(30(40)43-24)14-25(37)35-21-10-9-19(31)27(32)28(21)33/h4-13,16H,14-15H2,1-3H3,(H,34,38)(H,35,37)/b24-13-. The SMILES string of the molecule is COc1cc(/C=C2\SC(=O)N(CC(=O)Nc3ccc(F)c(F)c3F)C2=O)ccc1OCC(=O)Nc1ccccc1C(C)C. The van der Waals surface area contributed by atoms with Gasteiger partial charge >= 0.3 is 0 Å². The number of benzene rings is 3. The van der Waals surface area contributed by atoms with Gasteiger partial charge in [-0.1, -0.05) is 38.1 Å². The Morgan fingerprint density at radius 3 is 2.37 bits per heavy atom. The lowest BCUT2D eigenvalue weighted by molar-refractivity contribution is -0.127. The molecule has 1 saturated heterocycles. The second kappa shape index (κ2) is 13.5. The van der Waals surface area contributed by atoms with Crippen molar-refractivity contribution in [2.75, 3.05) is 30.9 Å². The summed E-state index contributed by atoms with van der Waals surface area (Å²) in [5.41, 5.74) is 1.49. The average Bonchev–Trinajstić information content (AvgIpc) is 3.23. The third-order valence-electron chi connectivity index (χ3n) is 6.19. The molecule has 0 atom stereocenters. The van der Waals surface area contributed by atoms with E-state index in [-0.39, 0.29) is 34.8 Å². The quantitative estimate of drug-likeness (QED) is 0.215. The van der Waals surface area contributed by atoms with Crippen LogP contribution < -0.4 is 20.1 Å². The zero-order valence-electron chi connectivity index (χ0n) is 23.2. The van der Waals surface area contributed by atoms with Crippen molar-refractivity contribution in [3.05, 3.63) is 88.1 Å². The maximum Gasteiger partial charge on any atom is 0.294 e. The summed E-state index contributed by atoms with van der Waals surface area (Å²) >= 11 is 0.578. The van der Waals surface area contributed by atoms with Gasteiger partial charge < -0.3 is 20.1 Å². The number of thioether (sulfide) groups is 1. The van der Waals surface area contributed by atoms with Gasteiger partial charge in [0.05, 0.1) is 17.7 Å². The largest absolute Gasteiger partial charge is 0.493 e. The van der Waals surface area contributed by atoms with Crippen LogP contribution in [0.2, 0.25) is 0 Å². The number of hydrogen-bond acceptors (Lipinski definition) is 7. The monoisotopic (exact) mass is 613 g/mol. The van der Waals surface area contributed by atoms with Gasteiger partial charge in [-0.15, -0.1) is 0 Å². The molecule has 4 rings (SSSR count). The van der Waals surface area contributed by atoms with Crippen LogP contribution in [0.3, 0.4) is 0 Å². The Balaban J connectivity index is 1.39. The normalized spacial score (nSPS) is 13.9. The zero-order valence-corrected chi connectivity index (χ0v) is 24.0. The van der Waals surface area contributed by atoms with Crippen LogP contribution in [0.1, 0.15) is 30.9 Å². The molecule has 1 aliphatic heterocycles. The van der Waals surface area contributed by atoms with Gasteiger partial charge in [0.2, 0.25) is 5.91 Å². The number of carbonyl (C=O) groups excluding carboxylic acids is 4. The minimum atomic E-state index is -1.77. The summed E-state index contributed by atoms with van der Waals surface area (Å²) in [5.74, 6) is -6.23. The maximum atomic E-state index is 13.9. The fraction of sp³-hybridized carbons (Fsp3) is 0.200. The Morgan fingerprint density at radius 2 is 1.65 bits per heavy atom. The van der Waals surface area contributed by atoms with E-state index in [1.807, 2.05) is 43.4 Å². The van der Waals surface area contributed by atoms with Crippen LogP contribution in [0.15, 0.2) is 59.5 Å². The third-order valence-corrected chi connectivity index (χ3v) is 7.09. The van der Waals surface area contributed by atoms with E-state index >= 15 is 0 Å². The van der Waals surface area contributed by atoms with Crippen LogP contribution in [0.4, 0.5) is 29.3 Å². The van der Waals surface area contributed by atoms with E-state index < -0.39 is 46.7 Å². The summed E-state index contributed by atoms with van der Waals surface area (Å²) in [6.45, 7) is 2.97. The molecule has 0 bridgehead atoms. The maximum absolute atomic E-state index is 13.9. The Morgan fingerprint density at radius 1 is 0.930 bits per heavy atom. The fourth-order valence-corrected chi connectivity index (χ4v) is 4.92. The lowest BCUT2D eigenvalue weighted by Gasteiger charge is -2.15. The number of anilines is 2. The van der Waals surface area contributed by atoms with E-state index in [0.717, 1.165) is 11.6 Å². The first kappa shape index (κ1) is 31.2. The molecule has 0 unspecified atom stereocenters. The van der Waals surface area contributed by atoms with E-state index in [0.29, 0.717) is 34.0 Å². The van der Waals surface area contributed by atoms with Crippen molar-refractivity contribution in [1.82, 2.24) is 4.90 Å². The summed E-state index contributed by atoms with van der Waals surface area (Å²) in [5, 5.41) is 4.10. The smallest absolute Gasteiger partial charge is 0.294 e. The van der Waals surface area contributed by atoms with Crippen LogP contribution in [0.5, 0.6) is 11.5 Å². The van der Waals surface area contributed by atoms with Crippen LogP contribution in [-0.4, -0.2) is 48.1 Å². The van der Waals surface area contributed by atoms with Crippen molar-refractivity contribution in [3.63, 3.8) is 0 Å². The lowest BCUT2D eigenvalue weighted by Crippen LogP contribution is -2.36. The van der Waals surface area contributed by atoms with Gasteiger partial charge in [-0.2, -0.15) is 0 Å². The highest BCUT2D eigenvalue weighted by Gasteiger charge is 2.36. The number of para-hydroxylation sites is 1. The molecule has 0 aliphatic carbocycles. The number of nitrogens with zero attached hydrogens (tertiary/aromatic N) is 1. The van der Waals surface area contributed by atoms with Gasteiger partial charge in [-0.05, 0) is 65.2 Å². The molecule has 0 aromatic heterocycles. The molecule has 9 nitrogen and oxygen atoms in total. The van der Waals surface area contributed by atoms with Crippen molar-refractivity contribution >= 4 is 52.2 Å². The van der Waals surface area contributed by atoms with Crippen molar-refractivity contribution in [3.8, 4) is 11.5 Å². The first-order valence-electron chi connectivity index (χ1n) is 12.9. The highest BCUT2D eigenvalue weighted by Crippen LogP contribution is 2.35. The van der Waals surface area contributed by atoms with Crippen LogP contribution in [0, 0.1) is 17.5 Å². The van der Waals surface area contributed by atoms with Crippen LogP contribution >= 0.6 is 11.8 Å². The van der Waals surface area contributed by atoms with E-state index in [1.54, 1.807) is 6.07 Å². The molecule has 1 heterocycles. The molecule has 0 spiro atoms. The predicted octanol–water partition coefficient (Wildman–Crippen LogP) is 5.93. The van der Waals surface area contributed by atoms with Crippen molar-refractivity contribution in [2.24, 2.45) is 0 Å². The van der Waals surface area contributed by atoms with E-state index in [4.69, 9.17) is 9.47 Å². The molecule has 2 N–H and O–H groups in total. The highest BCUT2D eigenvalue weighted by molar-refractivity contribution is 8.18. The fourth-order valence-electron chi connectivity index (χ4n) is 4.08. The summed E-state index contributed by atoms with van der Waals surface area (Å²) in [7, 11) is 1.40. The van der Waals surface area contributed by atoms with Crippen LogP contribution in [0.25, 0.3) is 6.08 Å². The lowest BCUT2D eigenvalue weighted by atomic mass is 10.0. The van der Waals surface area contributed by atoms with Crippen molar-refractivity contribution < 1.29 is 41.8 Å². The Bertz CT molecular complexity index is 1630. The third kappa shape index (κ3) is 7.36. The summed E-state index contributed by atoms with van der Waals surface area (Å²) in [6, 6.07) is 13.6. The van der Waals surface area contributed by atoms with Gasteiger partial charge in [0.1, 0.15) is 6.54 Å². The number of rotatable bonds is 10. The molecule has 4 amide bonds. The first-order valence-corrected chi connectivity index (χ1v) is 13.7. The average molecular weight is 614 g/mol. The number of halogens is 3. The zero-order chi connectivity index (χ0) is 31.3. The van der Waals surface area contributed by atoms with E-state index in [9.17, 15) is 32.3 Å². The second-order valence-corrected chi connectivity index (χ2v) is 10.5.